The van der Waals surface area contributed by atoms with Gasteiger partial charge in [0.15, 0.2) is 0 Å². The average molecular weight is 782 g/mol. The molecular formula is C58H39NS. The molecule has 282 valence electrons. The topological polar surface area (TPSA) is 3.24 Å². The number of hydrogen-bond donors (Lipinski definition) is 0. The van der Waals surface area contributed by atoms with Crippen molar-refractivity contribution < 1.29 is 0 Å². The molecular weight excluding hydrogens is 743 g/mol. The van der Waals surface area contributed by atoms with E-state index < -0.39 is 0 Å². The van der Waals surface area contributed by atoms with E-state index in [9.17, 15) is 0 Å². The Morgan fingerprint density at radius 3 is 1.33 bits per heavy atom. The monoisotopic (exact) mass is 781 g/mol. The van der Waals surface area contributed by atoms with Gasteiger partial charge in [0.1, 0.15) is 0 Å². The number of rotatable bonds is 8. The van der Waals surface area contributed by atoms with E-state index in [0.29, 0.717) is 0 Å². The molecule has 0 aliphatic heterocycles. The summed E-state index contributed by atoms with van der Waals surface area (Å²) >= 11 is 1.89. The highest BCUT2D eigenvalue weighted by molar-refractivity contribution is 7.27. The Labute approximate surface area is 354 Å². The molecule has 60 heavy (non-hydrogen) atoms. The summed E-state index contributed by atoms with van der Waals surface area (Å²) in [6, 6.07) is 86.1. The Kier molecular flexibility index (Phi) is 9.11. The molecule has 0 unspecified atom stereocenters. The first-order chi connectivity index (χ1) is 29.7. The van der Waals surface area contributed by atoms with Crippen LogP contribution in [0.1, 0.15) is 0 Å². The molecule has 0 radical (unpaired) electrons. The van der Waals surface area contributed by atoms with Crippen LogP contribution in [-0.2, 0) is 0 Å². The molecule has 11 aromatic rings. The number of nitrogens with zero attached hydrogens (tertiary/aromatic N) is 1. The van der Waals surface area contributed by atoms with E-state index in [1.165, 1.54) is 86.6 Å². The van der Waals surface area contributed by atoms with Crippen LogP contribution in [-0.4, -0.2) is 0 Å². The van der Waals surface area contributed by atoms with Gasteiger partial charge in [-0.1, -0.05) is 194 Å². The quantitative estimate of drug-likeness (QED) is 0.148. The predicted molar refractivity (Wildman–Crippen MR) is 259 cm³/mol. The average Bonchev–Trinajstić information content (AvgIpc) is 3.72. The van der Waals surface area contributed by atoms with Crippen LogP contribution in [0.4, 0.5) is 17.1 Å². The summed E-state index contributed by atoms with van der Waals surface area (Å²) in [6.07, 6.45) is 0. The predicted octanol–water partition coefficient (Wildman–Crippen LogP) is 17.0. The first-order valence-corrected chi connectivity index (χ1v) is 21.3. The van der Waals surface area contributed by atoms with Gasteiger partial charge in [-0.2, -0.15) is 0 Å². The lowest BCUT2D eigenvalue weighted by Crippen LogP contribution is -2.10. The molecule has 10 aromatic carbocycles. The zero-order valence-corrected chi connectivity index (χ0v) is 33.7. The van der Waals surface area contributed by atoms with Gasteiger partial charge in [-0.05, 0) is 109 Å². The van der Waals surface area contributed by atoms with Crippen molar-refractivity contribution in [3.63, 3.8) is 0 Å². The molecule has 11 rings (SSSR count). The fourth-order valence-corrected chi connectivity index (χ4v) is 9.90. The third-order valence-electron chi connectivity index (χ3n) is 11.7. The lowest BCUT2D eigenvalue weighted by molar-refractivity contribution is 1.30. The lowest BCUT2D eigenvalue weighted by atomic mass is 9.98. The normalized spacial score (nSPS) is 11.3. The zero-order valence-electron chi connectivity index (χ0n) is 32.9. The fraction of sp³-hybridized carbons (Fsp3) is 0. The highest BCUT2D eigenvalue weighted by atomic mass is 32.1. The maximum absolute atomic E-state index is 2.46. The summed E-state index contributed by atoms with van der Waals surface area (Å²) in [7, 11) is 0. The van der Waals surface area contributed by atoms with Gasteiger partial charge in [0.2, 0.25) is 0 Å². The van der Waals surface area contributed by atoms with Crippen LogP contribution in [0.3, 0.4) is 0 Å². The van der Waals surface area contributed by atoms with Gasteiger partial charge >= 0.3 is 0 Å². The molecule has 0 fully saturated rings. The highest BCUT2D eigenvalue weighted by Crippen LogP contribution is 2.49. The maximum Gasteiger partial charge on any atom is 0.0646 e. The van der Waals surface area contributed by atoms with Crippen LogP contribution in [0.15, 0.2) is 237 Å². The molecule has 0 aliphatic rings. The second-order valence-corrected chi connectivity index (χ2v) is 16.3. The molecule has 0 saturated heterocycles. The molecule has 1 aromatic heterocycles. The highest BCUT2D eigenvalue weighted by Gasteiger charge is 2.22. The molecule has 0 amide bonds. The minimum absolute atomic E-state index is 1.10. The van der Waals surface area contributed by atoms with E-state index in [4.69, 9.17) is 0 Å². The van der Waals surface area contributed by atoms with Crippen molar-refractivity contribution in [2.24, 2.45) is 0 Å². The second kappa shape index (κ2) is 15.3. The van der Waals surface area contributed by atoms with E-state index >= 15 is 0 Å². The molecule has 0 bridgehead atoms. The number of fused-ring (bicyclic) bond motifs is 4. The Balaban J connectivity index is 1.09. The molecule has 0 N–H and O–H groups in total. The van der Waals surface area contributed by atoms with E-state index in [0.717, 1.165) is 17.1 Å². The summed E-state index contributed by atoms with van der Waals surface area (Å²) in [5, 5.41) is 5.03. The minimum atomic E-state index is 1.10. The van der Waals surface area contributed by atoms with Crippen molar-refractivity contribution in [1.29, 1.82) is 0 Å². The van der Waals surface area contributed by atoms with Crippen LogP contribution in [0, 0.1) is 0 Å². The summed E-state index contributed by atoms with van der Waals surface area (Å²) in [5.74, 6) is 0. The Hall–Kier alpha value is -7.52. The number of anilines is 3. The van der Waals surface area contributed by atoms with Crippen LogP contribution < -0.4 is 4.90 Å². The standard InChI is InChI=1S/C58H39NS/c1-4-13-40(14-5-1)43-23-25-44(26-24-43)45-29-33-51(34-30-45)59(52-35-31-46(32-36-52)49-28-27-42-17-10-11-20-48(42)37-49)56-39-50(41-15-6-2-7-16-41)38-55-54-22-12-21-53(57(54)60-58(55)56)47-18-8-3-9-19-47/h1-39H. The van der Waals surface area contributed by atoms with E-state index in [1.54, 1.807) is 0 Å². The third kappa shape index (κ3) is 6.63. The first-order valence-electron chi connectivity index (χ1n) is 20.5. The summed E-state index contributed by atoms with van der Waals surface area (Å²) in [4.78, 5) is 2.46. The maximum atomic E-state index is 2.46. The molecule has 0 atom stereocenters. The van der Waals surface area contributed by atoms with Gasteiger partial charge in [-0.15, -0.1) is 11.3 Å². The van der Waals surface area contributed by atoms with Crippen molar-refractivity contribution >= 4 is 59.3 Å². The Morgan fingerprint density at radius 2 is 0.733 bits per heavy atom. The Bertz CT molecular complexity index is 3260. The molecule has 1 nitrogen and oxygen atoms in total. The van der Waals surface area contributed by atoms with Gasteiger partial charge in [0.05, 0.1) is 10.4 Å². The van der Waals surface area contributed by atoms with Crippen molar-refractivity contribution in [3.8, 4) is 55.6 Å². The zero-order chi connectivity index (χ0) is 39.8. The van der Waals surface area contributed by atoms with Gasteiger partial charge in [-0.3, -0.25) is 0 Å². The minimum Gasteiger partial charge on any atom is -0.309 e. The van der Waals surface area contributed by atoms with Crippen molar-refractivity contribution in [2.75, 3.05) is 4.90 Å². The molecule has 2 heteroatoms. The van der Waals surface area contributed by atoms with Crippen LogP contribution >= 0.6 is 11.3 Å². The van der Waals surface area contributed by atoms with E-state index in [-0.39, 0.29) is 0 Å². The fourth-order valence-electron chi connectivity index (χ4n) is 8.58. The van der Waals surface area contributed by atoms with Crippen LogP contribution in [0.2, 0.25) is 0 Å². The smallest absolute Gasteiger partial charge is 0.0646 e. The molecule has 0 saturated carbocycles. The lowest BCUT2D eigenvalue weighted by Gasteiger charge is -2.27. The summed E-state index contributed by atoms with van der Waals surface area (Å²) in [5.41, 5.74) is 15.5. The Morgan fingerprint density at radius 1 is 0.267 bits per heavy atom. The SMILES string of the molecule is c1ccc(-c2ccc(-c3ccc(N(c4ccc(-c5ccc6ccccc6c5)cc4)c4cc(-c5ccccc5)cc5c4sc4c(-c6ccccc6)cccc45)cc3)cc2)cc1. The first kappa shape index (κ1) is 35.6. The van der Waals surface area contributed by atoms with Crippen molar-refractivity contribution in [3.05, 3.63) is 237 Å². The molecule has 1 heterocycles. The largest absolute Gasteiger partial charge is 0.309 e. The molecule has 0 spiro atoms. The number of thiophene rings is 1. The van der Waals surface area contributed by atoms with Gasteiger partial charge in [0, 0.05) is 26.8 Å². The summed E-state index contributed by atoms with van der Waals surface area (Å²) < 4.78 is 2.55. The number of benzene rings is 10. The van der Waals surface area contributed by atoms with Crippen molar-refractivity contribution in [1.82, 2.24) is 0 Å². The third-order valence-corrected chi connectivity index (χ3v) is 12.9. The van der Waals surface area contributed by atoms with E-state index in [1.807, 2.05) is 11.3 Å². The number of hydrogen-bond acceptors (Lipinski definition) is 2. The van der Waals surface area contributed by atoms with E-state index in [2.05, 4.69) is 241 Å². The van der Waals surface area contributed by atoms with Crippen molar-refractivity contribution in [2.45, 2.75) is 0 Å². The van der Waals surface area contributed by atoms with Crippen LogP contribution in [0.5, 0.6) is 0 Å². The van der Waals surface area contributed by atoms with Gasteiger partial charge in [-0.25, -0.2) is 0 Å². The second-order valence-electron chi connectivity index (χ2n) is 15.3. The van der Waals surface area contributed by atoms with Gasteiger partial charge in [0.25, 0.3) is 0 Å². The van der Waals surface area contributed by atoms with Crippen LogP contribution in [0.25, 0.3) is 86.6 Å². The summed E-state index contributed by atoms with van der Waals surface area (Å²) in [6.45, 7) is 0. The molecule has 0 aliphatic carbocycles. The van der Waals surface area contributed by atoms with Gasteiger partial charge < -0.3 is 4.90 Å².